The summed E-state index contributed by atoms with van der Waals surface area (Å²) >= 11 is 0. The van der Waals surface area contributed by atoms with E-state index in [1.807, 2.05) is 12.2 Å². The van der Waals surface area contributed by atoms with Crippen molar-refractivity contribution in [2.75, 3.05) is 0 Å². The average molecular weight is 539 g/mol. The van der Waals surface area contributed by atoms with Gasteiger partial charge < -0.3 is 30.3 Å². The number of benzene rings is 4. The molecule has 5 N–H and O–H groups in total. The van der Waals surface area contributed by atoms with E-state index in [-0.39, 0.29) is 58.2 Å². The lowest BCUT2D eigenvalue weighted by molar-refractivity contribution is 0.0933. The van der Waals surface area contributed by atoms with Gasteiger partial charge >= 0.3 is 0 Å². The van der Waals surface area contributed by atoms with Crippen LogP contribution in [0.2, 0.25) is 0 Å². The molecule has 0 aliphatic carbocycles. The number of hydrogen-bond donors (Lipinski definition) is 5. The lowest BCUT2D eigenvalue weighted by atomic mass is 9.82. The van der Waals surface area contributed by atoms with Crippen LogP contribution in [0.4, 0.5) is 0 Å². The summed E-state index contributed by atoms with van der Waals surface area (Å²) in [7, 11) is 0. The van der Waals surface area contributed by atoms with Crippen LogP contribution >= 0.6 is 0 Å². The quantitative estimate of drug-likeness (QED) is 0.164. The van der Waals surface area contributed by atoms with Gasteiger partial charge in [-0.15, -0.1) is 0 Å². The highest BCUT2D eigenvalue weighted by Gasteiger charge is 2.36. The Morgan fingerprint density at radius 3 is 2.05 bits per heavy atom. The van der Waals surface area contributed by atoms with Crippen molar-refractivity contribution in [2.45, 2.75) is 31.8 Å². The van der Waals surface area contributed by atoms with Crippen LogP contribution < -0.4 is 4.74 Å². The normalized spacial score (nSPS) is 16.4. The number of ether oxygens (including phenoxy) is 1. The van der Waals surface area contributed by atoms with Crippen molar-refractivity contribution in [2.24, 2.45) is 5.92 Å². The highest BCUT2D eigenvalue weighted by atomic mass is 16.5. The van der Waals surface area contributed by atoms with Crippen molar-refractivity contribution >= 4 is 11.9 Å². The molecule has 204 valence electrons. The van der Waals surface area contributed by atoms with E-state index in [2.05, 4.69) is 0 Å². The first-order valence-electron chi connectivity index (χ1n) is 13.1. The highest BCUT2D eigenvalue weighted by Crippen LogP contribution is 2.48. The summed E-state index contributed by atoms with van der Waals surface area (Å²) in [6, 6.07) is 21.3. The van der Waals surface area contributed by atoms with Crippen molar-refractivity contribution in [3.05, 3.63) is 113 Å². The number of fused-ring (bicyclic) bond motifs is 1. The summed E-state index contributed by atoms with van der Waals surface area (Å²) in [4.78, 5) is 13.4. The number of Topliss-reactive ketones (excluding diaryl/α,β-unsaturated/α-hetero) is 1. The lowest BCUT2D eigenvalue weighted by Crippen LogP contribution is -2.27. The summed E-state index contributed by atoms with van der Waals surface area (Å²) in [6.07, 6.45) is 4.91. The molecular weight excluding hydrogens is 508 g/mol. The van der Waals surface area contributed by atoms with Crippen LogP contribution in [0.1, 0.15) is 51.6 Å². The largest absolute Gasteiger partial charge is 0.508 e. The maximum Gasteiger partial charge on any atom is 0.170 e. The second-order valence-corrected chi connectivity index (χ2v) is 10.0. The van der Waals surface area contributed by atoms with Gasteiger partial charge in [0.15, 0.2) is 5.78 Å². The number of aryl methyl sites for hydroxylation is 1. The smallest absolute Gasteiger partial charge is 0.170 e. The zero-order chi connectivity index (χ0) is 28.2. The van der Waals surface area contributed by atoms with Crippen LogP contribution in [-0.4, -0.2) is 31.3 Å². The van der Waals surface area contributed by atoms with E-state index in [0.717, 1.165) is 16.7 Å². The molecule has 0 radical (unpaired) electrons. The van der Waals surface area contributed by atoms with E-state index >= 15 is 0 Å². The Hall–Kier alpha value is -4.91. The number of carbonyl (C=O) groups is 1. The summed E-state index contributed by atoms with van der Waals surface area (Å²) < 4.78 is 6.45. The number of rotatable bonds is 8. The van der Waals surface area contributed by atoms with E-state index in [9.17, 15) is 30.3 Å². The van der Waals surface area contributed by atoms with Gasteiger partial charge in [0.05, 0.1) is 0 Å². The Morgan fingerprint density at radius 2 is 1.40 bits per heavy atom. The minimum Gasteiger partial charge on any atom is -0.508 e. The van der Waals surface area contributed by atoms with Crippen molar-refractivity contribution in [1.82, 2.24) is 0 Å². The Labute approximate surface area is 231 Å². The summed E-state index contributed by atoms with van der Waals surface area (Å²) in [5, 5.41) is 50.4. The second kappa shape index (κ2) is 11.5. The predicted octanol–water partition coefficient (Wildman–Crippen LogP) is 6.43. The van der Waals surface area contributed by atoms with Gasteiger partial charge in [0.2, 0.25) is 0 Å². The topological polar surface area (TPSA) is 127 Å². The van der Waals surface area contributed by atoms with Gasteiger partial charge in [-0.2, -0.15) is 0 Å². The van der Waals surface area contributed by atoms with Gasteiger partial charge in [-0.05, 0) is 72.4 Å². The molecule has 0 fully saturated rings. The monoisotopic (exact) mass is 538 g/mol. The van der Waals surface area contributed by atoms with Crippen molar-refractivity contribution in [3.63, 3.8) is 0 Å². The molecule has 0 bridgehead atoms. The van der Waals surface area contributed by atoms with Gasteiger partial charge in [0.25, 0.3) is 0 Å². The van der Waals surface area contributed by atoms with Crippen LogP contribution in [0.15, 0.2) is 84.9 Å². The molecule has 2 atom stereocenters. The molecule has 7 heteroatoms. The summed E-state index contributed by atoms with van der Waals surface area (Å²) in [5.41, 5.74) is 3.07. The zero-order valence-electron chi connectivity index (χ0n) is 21.7. The molecule has 1 heterocycles. The van der Waals surface area contributed by atoms with Crippen LogP contribution in [0.5, 0.6) is 34.5 Å². The molecule has 7 nitrogen and oxygen atoms in total. The minimum atomic E-state index is -0.512. The van der Waals surface area contributed by atoms with Crippen molar-refractivity contribution in [1.29, 1.82) is 0 Å². The van der Waals surface area contributed by atoms with Gasteiger partial charge in [-0.25, -0.2) is 0 Å². The molecule has 0 amide bonds. The number of hydrogen-bond acceptors (Lipinski definition) is 7. The van der Waals surface area contributed by atoms with E-state index in [4.69, 9.17) is 4.74 Å². The molecular formula is C33H30O7. The van der Waals surface area contributed by atoms with Gasteiger partial charge in [0.1, 0.15) is 46.2 Å². The Morgan fingerprint density at radius 1 is 0.800 bits per heavy atom. The first kappa shape index (κ1) is 26.7. The van der Waals surface area contributed by atoms with E-state index in [1.165, 1.54) is 6.07 Å². The second-order valence-electron chi connectivity index (χ2n) is 10.0. The molecule has 4 aromatic carbocycles. The summed E-state index contributed by atoms with van der Waals surface area (Å²) in [6.45, 7) is 0. The Balaban J connectivity index is 1.45. The number of phenols is 5. The third-order valence-corrected chi connectivity index (χ3v) is 7.20. The van der Waals surface area contributed by atoms with Crippen molar-refractivity contribution in [3.8, 4) is 34.5 Å². The highest BCUT2D eigenvalue weighted by molar-refractivity contribution is 6.02. The number of allylic oxidation sites excluding steroid dienone is 1. The molecule has 1 aliphatic rings. The van der Waals surface area contributed by atoms with Gasteiger partial charge in [0, 0.05) is 24.0 Å². The molecule has 1 aliphatic heterocycles. The number of phenolic OH excluding ortho intramolecular Hbond substituents is 5. The zero-order valence-corrected chi connectivity index (χ0v) is 21.7. The fourth-order valence-corrected chi connectivity index (χ4v) is 5.08. The van der Waals surface area contributed by atoms with Gasteiger partial charge in [-0.3, -0.25) is 4.79 Å². The third kappa shape index (κ3) is 5.89. The molecule has 0 aromatic heterocycles. The van der Waals surface area contributed by atoms with E-state index in [0.29, 0.717) is 24.8 Å². The lowest BCUT2D eigenvalue weighted by Gasteiger charge is -2.35. The Kier molecular flexibility index (Phi) is 7.64. The van der Waals surface area contributed by atoms with Crippen LogP contribution in [0.25, 0.3) is 6.08 Å². The van der Waals surface area contributed by atoms with Gasteiger partial charge in [-0.1, -0.05) is 48.6 Å². The average Bonchev–Trinajstić information content (AvgIpc) is 2.94. The SMILES string of the molecule is O=C(CCc1ccc(O)cc1)c1c(O)cc(O)c2c1O[C@H](c1ccc(O)cc1)[C@@H](C/C=C/c1ccc(O)cc1)C2. The molecule has 40 heavy (non-hydrogen) atoms. The maximum absolute atomic E-state index is 13.4. The molecule has 0 spiro atoms. The fourth-order valence-electron chi connectivity index (χ4n) is 5.08. The minimum absolute atomic E-state index is 0.0356. The number of aromatic hydroxyl groups is 5. The third-order valence-electron chi connectivity index (χ3n) is 7.20. The standard InChI is InChI=1S/C33H30O7/c34-24-11-4-20(5-12-24)2-1-3-23-18-27-29(38)19-30(39)31(28(37)17-8-21-6-13-25(35)14-7-21)33(27)40-32(23)22-9-15-26(36)16-10-22/h1-2,4-7,9-16,19,23,32,34-36,38-39H,3,8,17-18H2/b2-1+/t23-,32+/m0/s1. The molecule has 0 saturated heterocycles. The first-order chi connectivity index (χ1) is 19.3. The molecule has 0 unspecified atom stereocenters. The molecule has 5 rings (SSSR count). The van der Waals surface area contributed by atoms with Crippen LogP contribution in [0, 0.1) is 5.92 Å². The first-order valence-corrected chi connectivity index (χ1v) is 13.1. The number of carbonyl (C=O) groups excluding carboxylic acids is 1. The fraction of sp³-hybridized carbons (Fsp3) is 0.182. The van der Waals surface area contributed by atoms with E-state index in [1.54, 1.807) is 72.8 Å². The Bertz CT molecular complexity index is 1520. The maximum atomic E-state index is 13.4. The van der Waals surface area contributed by atoms with E-state index < -0.39 is 6.10 Å². The van der Waals surface area contributed by atoms with Crippen LogP contribution in [0.3, 0.4) is 0 Å². The molecule has 4 aromatic rings. The number of ketones is 1. The molecule has 0 saturated carbocycles. The van der Waals surface area contributed by atoms with Crippen LogP contribution in [-0.2, 0) is 12.8 Å². The predicted molar refractivity (Wildman–Crippen MR) is 151 cm³/mol. The van der Waals surface area contributed by atoms with Crippen molar-refractivity contribution < 1.29 is 35.1 Å². The summed E-state index contributed by atoms with van der Waals surface area (Å²) in [5.74, 6) is -0.316.